The maximum atomic E-state index is 12.8. The van der Waals surface area contributed by atoms with Crippen molar-refractivity contribution in [3.05, 3.63) is 63.2 Å². The third-order valence-corrected chi connectivity index (χ3v) is 7.76. The average Bonchev–Trinajstić information content (AvgIpc) is 3.14. The van der Waals surface area contributed by atoms with Gasteiger partial charge >= 0.3 is 5.69 Å². The Hall–Kier alpha value is -2.69. The highest BCUT2D eigenvalue weighted by atomic mass is 35.5. The Morgan fingerprint density at radius 3 is 2.38 bits per heavy atom. The van der Waals surface area contributed by atoms with Crippen molar-refractivity contribution >= 4 is 33.0 Å². The molecule has 0 spiro atoms. The van der Waals surface area contributed by atoms with E-state index in [0.717, 1.165) is 0 Å². The van der Waals surface area contributed by atoms with Gasteiger partial charge in [-0.15, -0.1) is 0 Å². The van der Waals surface area contributed by atoms with Crippen molar-refractivity contribution < 1.29 is 22.9 Å². The lowest BCUT2D eigenvalue weighted by molar-refractivity contribution is -0.385. The topological polar surface area (TPSA) is 110 Å². The van der Waals surface area contributed by atoms with E-state index in [0.29, 0.717) is 43.9 Å². The van der Waals surface area contributed by atoms with E-state index >= 15 is 0 Å². The Morgan fingerprint density at radius 2 is 1.78 bits per heavy atom. The van der Waals surface area contributed by atoms with E-state index in [1.54, 1.807) is 29.2 Å². The molecule has 32 heavy (non-hydrogen) atoms. The minimum absolute atomic E-state index is 0.0469. The van der Waals surface area contributed by atoms with Crippen molar-refractivity contribution in [3.63, 3.8) is 0 Å². The first kappa shape index (κ1) is 22.5. The van der Waals surface area contributed by atoms with Crippen LogP contribution >= 0.6 is 11.6 Å². The van der Waals surface area contributed by atoms with Gasteiger partial charge in [-0.2, -0.15) is 0 Å². The summed E-state index contributed by atoms with van der Waals surface area (Å²) in [5.74, 6) is 0.744. The van der Waals surface area contributed by atoms with Gasteiger partial charge in [0.25, 0.3) is 5.91 Å². The number of amides is 1. The second-order valence-corrected chi connectivity index (χ2v) is 10.5. The molecule has 4 rings (SSSR count). The standard InChI is InChI=1S/C21H22ClN3O6S/c22-16-3-6-20(19(13-16)25(27)28)31-18-4-1-15(2-5-18)21(26)24-10-8-23(9-11-24)17-7-12-32(29,30)14-17/h1-6,13,17H,7-12,14H2. The zero-order valence-corrected chi connectivity index (χ0v) is 18.7. The summed E-state index contributed by atoms with van der Waals surface area (Å²) in [5, 5.41) is 11.4. The van der Waals surface area contributed by atoms with Gasteiger partial charge in [-0.1, -0.05) is 11.6 Å². The number of carbonyl (C=O) groups is 1. The quantitative estimate of drug-likeness (QED) is 0.478. The molecule has 0 radical (unpaired) electrons. The number of hydrogen-bond acceptors (Lipinski definition) is 7. The van der Waals surface area contributed by atoms with E-state index in [1.165, 1.54) is 18.2 Å². The molecule has 1 unspecified atom stereocenters. The highest BCUT2D eigenvalue weighted by Crippen LogP contribution is 2.33. The van der Waals surface area contributed by atoms with Gasteiger partial charge in [-0.25, -0.2) is 8.42 Å². The van der Waals surface area contributed by atoms with Crippen molar-refractivity contribution in [1.29, 1.82) is 0 Å². The Kier molecular flexibility index (Phi) is 6.36. The normalized spacial score (nSPS) is 20.8. The predicted molar refractivity (Wildman–Crippen MR) is 119 cm³/mol. The number of hydrogen-bond donors (Lipinski definition) is 0. The molecule has 1 amide bonds. The number of halogens is 1. The molecule has 0 bridgehead atoms. The van der Waals surface area contributed by atoms with Gasteiger partial charge in [0.1, 0.15) is 5.75 Å². The van der Waals surface area contributed by atoms with Gasteiger partial charge < -0.3 is 9.64 Å². The number of benzene rings is 2. The van der Waals surface area contributed by atoms with Crippen molar-refractivity contribution in [2.75, 3.05) is 37.7 Å². The summed E-state index contributed by atoms with van der Waals surface area (Å²) in [5.41, 5.74) is 0.241. The molecule has 2 aromatic rings. The summed E-state index contributed by atoms with van der Waals surface area (Å²) >= 11 is 5.82. The van der Waals surface area contributed by atoms with Crippen LogP contribution in [0.1, 0.15) is 16.8 Å². The van der Waals surface area contributed by atoms with Gasteiger partial charge in [-0.05, 0) is 42.8 Å². The van der Waals surface area contributed by atoms with Gasteiger partial charge in [0.05, 0.1) is 16.4 Å². The van der Waals surface area contributed by atoms with Crippen LogP contribution in [0.3, 0.4) is 0 Å². The first-order valence-electron chi connectivity index (χ1n) is 10.2. The zero-order valence-electron chi connectivity index (χ0n) is 17.1. The Labute approximate surface area is 190 Å². The summed E-state index contributed by atoms with van der Waals surface area (Å²) in [4.78, 5) is 27.4. The molecule has 2 aliphatic heterocycles. The highest BCUT2D eigenvalue weighted by Gasteiger charge is 2.34. The summed E-state index contributed by atoms with van der Waals surface area (Å²) in [6.07, 6.45) is 0.656. The molecule has 0 N–H and O–H groups in total. The number of nitro groups is 1. The first-order valence-corrected chi connectivity index (χ1v) is 12.4. The molecule has 2 saturated heterocycles. The van der Waals surface area contributed by atoms with Gasteiger partial charge in [0.15, 0.2) is 9.84 Å². The molecule has 170 valence electrons. The van der Waals surface area contributed by atoms with Crippen molar-refractivity contribution in [2.45, 2.75) is 12.5 Å². The number of ether oxygens (including phenoxy) is 1. The lowest BCUT2D eigenvalue weighted by atomic mass is 10.1. The van der Waals surface area contributed by atoms with Gasteiger partial charge in [-0.3, -0.25) is 19.8 Å². The molecule has 11 heteroatoms. The summed E-state index contributed by atoms with van der Waals surface area (Å²) < 4.78 is 29.0. The van der Waals surface area contributed by atoms with E-state index in [1.807, 2.05) is 0 Å². The van der Waals surface area contributed by atoms with Crippen molar-refractivity contribution in [1.82, 2.24) is 9.80 Å². The minimum atomic E-state index is -2.93. The van der Waals surface area contributed by atoms with Gasteiger partial charge in [0.2, 0.25) is 5.75 Å². The summed E-state index contributed by atoms with van der Waals surface area (Å²) in [7, 11) is -2.93. The first-order chi connectivity index (χ1) is 15.2. The molecule has 9 nitrogen and oxygen atoms in total. The summed E-state index contributed by atoms with van der Waals surface area (Å²) in [6.45, 7) is 2.36. The molecule has 0 saturated carbocycles. The van der Waals surface area contributed by atoms with Crippen LogP contribution in [0, 0.1) is 10.1 Å². The lowest BCUT2D eigenvalue weighted by Gasteiger charge is -2.37. The molecule has 2 heterocycles. The molecule has 0 aliphatic carbocycles. The predicted octanol–water partition coefficient (Wildman–Crippen LogP) is 2.99. The van der Waals surface area contributed by atoms with Crippen molar-refractivity contribution in [2.24, 2.45) is 0 Å². The van der Waals surface area contributed by atoms with E-state index in [-0.39, 0.29) is 39.9 Å². The smallest absolute Gasteiger partial charge is 0.313 e. The van der Waals surface area contributed by atoms with Crippen LogP contribution in [-0.2, 0) is 9.84 Å². The monoisotopic (exact) mass is 479 g/mol. The largest absolute Gasteiger partial charge is 0.450 e. The van der Waals surface area contributed by atoms with Crippen LogP contribution in [0.15, 0.2) is 42.5 Å². The van der Waals surface area contributed by atoms with E-state index in [9.17, 15) is 23.3 Å². The number of rotatable bonds is 5. The molecule has 2 fully saturated rings. The molecular weight excluding hydrogens is 458 g/mol. The number of nitrogens with zero attached hydrogens (tertiary/aromatic N) is 3. The molecule has 1 atom stereocenters. The van der Waals surface area contributed by atoms with Crippen LogP contribution in [-0.4, -0.2) is 72.8 Å². The van der Waals surface area contributed by atoms with Crippen LogP contribution in [0.25, 0.3) is 0 Å². The second-order valence-electron chi connectivity index (χ2n) is 7.88. The Morgan fingerprint density at radius 1 is 1.09 bits per heavy atom. The second kappa shape index (κ2) is 9.05. The van der Waals surface area contributed by atoms with E-state index < -0.39 is 14.8 Å². The van der Waals surface area contributed by atoms with E-state index in [4.69, 9.17) is 16.3 Å². The fourth-order valence-electron chi connectivity index (χ4n) is 4.05. The summed E-state index contributed by atoms with van der Waals surface area (Å²) in [6, 6.07) is 10.6. The molecule has 2 aromatic carbocycles. The van der Waals surface area contributed by atoms with Crippen molar-refractivity contribution in [3.8, 4) is 11.5 Å². The minimum Gasteiger partial charge on any atom is -0.450 e. The van der Waals surface area contributed by atoms with Gasteiger partial charge in [0, 0.05) is 48.9 Å². The SMILES string of the molecule is O=C(c1ccc(Oc2ccc(Cl)cc2[N+](=O)[O-])cc1)N1CCN(C2CCS(=O)(=O)C2)CC1. The highest BCUT2D eigenvalue weighted by molar-refractivity contribution is 7.91. The lowest BCUT2D eigenvalue weighted by Crippen LogP contribution is -2.52. The number of carbonyl (C=O) groups excluding carboxylic acids is 1. The maximum Gasteiger partial charge on any atom is 0.313 e. The van der Waals surface area contributed by atoms with Crippen LogP contribution in [0.4, 0.5) is 5.69 Å². The Balaban J connectivity index is 1.37. The number of piperazine rings is 1. The van der Waals surface area contributed by atoms with Crippen LogP contribution in [0.5, 0.6) is 11.5 Å². The fraction of sp³-hybridized carbons (Fsp3) is 0.381. The van der Waals surface area contributed by atoms with Crippen LogP contribution in [0.2, 0.25) is 5.02 Å². The number of nitro benzene ring substituents is 1. The average molecular weight is 480 g/mol. The van der Waals surface area contributed by atoms with E-state index in [2.05, 4.69) is 4.90 Å². The molecule has 0 aromatic heterocycles. The zero-order chi connectivity index (χ0) is 22.9. The fourth-order valence-corrected chi connectivity index (χ4v) is 5.98. The number of sulfone groups is 1. The Bertz CT molecular complexity index is 1130. The molecule has 2 aliphatic rings. The third kappa shape index (κ3) is 5.03. The molecular formula is C21H22ClN3O6S. The maximum absolute atomic E-state index is 12.8. The van der Waals surface area contributed by atoms with Crippen LogP contribution < -0.4 is 4.74 Å². The third-order valence-electron chi connectivity index (χ3n) is 5.77.